The first-order valence-electron chi connectivity index (χ1n) is 7.66. The van der Waals surface area contributed by atoms with Crippen LogP contribution in [0.4, 0.5) is 0 Å². The summed E-state index contributed by atoms with van der Waals surface area (Å²) in [5, 5.41) is 1.64. The molecule has 3 heteroatoms. The van der Waals surface area contributed by atoms with E-state index in [-0.39, 0.29) is 5.91 Å². The van der Waals surface area contributed by atoms with Gasteiger partial charge in [0, 0.05) is 6.42 Å². The molecule has 4 bridgehead atoms. The molecule has 1 heterocycles. The van der Waals surface area contributed by atoms with Gasteiger partial charge < -0.3 is 0 Å². The molecule has 0 radical (unpaired) electrons. The van der Waals surface area contributed by atoms with Crippen molar-refractivity contribution < 1.29 is 9.63 Å². The third kappa shape index (κ3) is 1.78. The molecule has 0 atom stereocenters. The molecule has 0 spiro atoms. The molecule has 1 amide bonds. The van der Waals surface area contributed by atoms with Gasteiger partial charge in [-0.2, -0.15) is 0 Å². The molecule has 4 saturated carbocycles. The van der Waals surface area contributed by atoms with Crippen LogP contribution in [0.2, 0.25) is 0 Å². The molecule has 5 rings (SSSR count). The number of hydrogen-bond acceptors (Lipinski definition) is 2. The normalized spacial score (nSPS) is 45.8. The molecule has 0 aromatic heterocycles. The Kier molecular flexibility index (Phi) is 2.48. The number of carbonyl (C=O) groups excluding carboxylic acids is 1. The van der Waals surface area contributed by atoms with Gasteiger partial charge in [-0.15, -0.1) is 0 Å². The van der Waals surface area contributed by atoms with Gasteiger partial charge in [0.25, 0.3) is 0 Å². The predicted octanol–water partition coefficient (Wildman–Crippen LogP) is 2.76. The van der Waals surface area contributed by atoms with Crippen molar-refractivity contribution >= 4 is 5.91 Å². The van der Waals surface area contributed by atoms with Gasteiger partial charge in [0.05, 0.1) is 13.2 Å². The number of carbonyl (C=O) groups is 1. The van der Waals surface area contributed by atoms with Gasteiger partial charge in [0.2, 0.25) is 5.91 Å². The van der Waals surface area contributed by atoms with E-state index in [0.29, 0.717) is 5.41 Å². The largest absolute Gasteiger partial charge is 0.273 e. The molecule has 5 aliphatic rings. The molecule has 0 aromatic rings. The fraction of sp³-hybridized carbons (Fsp3) is 0.933. The fourth-order valence-corrected chi connectivity index (χ4v) is 5.56. The molecule has 1 aliphatic heterocycles. The second-order valence-corrected chi connectivity index (χ2v) is 7.28. The zero-order chi connectivity index (χ0) is 12.2. The fourth-order valence-electron chi connectivity index (χ4n) is 5.56. The van der Waals surface area contributed by atoms with E-state index in [2.05, 4.69) is 0 Å². The SMILES string of the molecule is O=C(CC12CC3CC(CC(C3)C1)C2)N1CCCO1. The van der Waals surface area contributed by atoms with Crippen LogP contribution in [-0.2, 0) is 9.63 Å². The molecular formula is C15H23NO2. The molecule has 0 aromatic carbocycles. The van der Waals surface area contributed by atoms with Crippen molar-refractivity contribution in [2.24, 2.45) is 23.2 Å². The van der Waals surface area contributed by atoms with E-state index < -0.39 is 0 Å². The Morgan fingerprint density at radius 1 is 1.11 bits per heavy atom. The Labute approximate surface area is 109 Å². The summed E-state index contributed by atoms with van der Waals surface area (Å²) in [5.74, 6) is 3.06. The molecule has 0 unspecified atom stereocenters. The van der Waals surface area contributed by atoms with Gasteiger partial charge >= 0.3 is 0 Å². The lowest BCUT2D eigenvalue weighted by Gasteiger charge is -2.56. The Morgan fingerprint density at radius 3 is 2.22 bits per heavy atom. The van der Waals surface area contributed by atoms with Crippen molar-refractivity contribution in [1.82, 2.24) is 5.06 Å². The Morgan fingerprint density at radius 2 is 1.72 bits per heavy atom. The third-order valence-electron chi connectivity index (χ3n) is 5.72. The minimum absolute atomic E-state index is 0.259. The highest BCUT2D eigenvalue weighted by molar-refractivity contribution is 5.76. The standard InChI is InChI=1S/C15H23NO2/c17-14(16-2-1-3-18-16)10-15-7-11-4-12(8-15)6-13(5-11)9-15/h11-13H,1-10H2. The summed E-state index contributed by atoms with van der Waals surface area (Å²) in [7, 11) is 0. The zero-order valence-corrected chi connectivity index (χ0v) is 11.1. The number of nitrogens with zero attached hydrogens (tertiary/aromatic N) is 1. The van der Waals surface area contributed by atoms with Crippen molar-refractivity contribution in [2.75, 3.05) is 13.2 Å². The average Bonchev–Trinajstić information content (AvgIpc) is 2.79. The predicted molar refractivity (Wildman–Crippen MR) is 67.5 cm³/mol. The summed E-state index contributed by atoms with van der Waals surface area (Å²) in [4.78, 5) is 17.7. The van der Waals surface area contributed by atoms with Crippen LogP contribution in [0.25, 0.3) is 0 Å². The van der Waals surface area contributed by atoms with E-state index in [9.17, 15) is 4.79 Å². The van der Waals surface area contributed by atoms with E-state index in [1.165, 1.54) is 38.5 Å². The summed E-state index contributed by atoms with van der Waals surface area (Å²) >= 11 is 0. The first-order valence-corrected chi connectivity index (χ1v) is 7.66. The van der Waals surface area contributed by atoms with Crippen LogP contribution >= 0.6 is 0 Å². The molecule has 1 saturated heterocycles. The van der Waals surface area contributed by atoms with Crippen LogP contribution in [0.1, 0.15) is 51.4 Å². The highest BCUT2D eigenvalue weighted by Crippen LogP contribution is 2.61. The Bertz CT molecular complexity index is 324. The van der Waals surface area contributed by atoms with E-state index in [1.54, 1.807) is 5.06 Å². The highest BCUT2D eigenvalue weighted by Gasteiger charge is 2.51. The van der Waals surface area contributed by atoms with Crippen molar-refractivity contribution in [2.45, 2.75) is 51.4 Å². The summed E-state index contributed by atoms with van der Waals surface area (Å²) in [6.07, 6.45) is 10.1. The number of amides is 1. The van der Waals surface area contributed by atoms with Crippen LogP contribution < -0.4 is 0 Å². The van der Waals surface area contributed by atoms with Crippen LogP contribution in [0.5, 0.6) is 0 Å². The zero-order valence-electron chi connectivity index (χ0n) is 11.1. The Balaban J connectivity index is 1.48. The van der Waals surface area contributed by atoms with Gasteiger partial charge in [0.1, 0.15) is 0 Å². The molecule has 5 fully saturated rings. The minimum Gasteiger partial charge on any atom is -0.273 e. The number of hydrogen-bond donors (Lipinski definition) is 0. The topological polar surface area (TPSA) is 29.5 Å². The van der Waals surface area contributed by atoms with Gasteiger partial charge in [0.15, 0.2) is 0 Å². The summed E-state index contributed by atoms with van der Waals surface area (Å²) in [5.41, 5.74) is 0.359. The van der Waals surface area contributed by atoms with E-state index >= 15 is 0 Å². The first kappa shape index (κ1) is 11.3. The van der Waals surface area contributed by atoms with Crippen molar-refractivity contribution in [3.8, 4) is 0 Å². The van der Waals surface area contributed by atoms with Gasteiger partial charge in [-0.05, 0) is 68.1 Å². The molecular weight excluding hydrogens is 226 g/mol. The summed E-state index contributed by atoms with van der Waals surface area (Å²) < 4.78 is 0. The van der Waals surface area contributed by atoms with Gasteiger partial charge in [-0.1, -0.05) is 0 Å². The minimum atomic E-state index is 0.259. The lowest BCUT2D eigenvalue weighted by atomic mass is 9.49. The van der Waals surface area contributed by atoms with Crippen LogP contribution in [0.15, 0.2) is 0 Å². The van der Waals surface area contributed by atoms with Crippen LogP contribution in [0, 0.1) is 23.2 Å². The first-order chi connectivity index (χ1) is 8.72. The van der Waals surface area contributed by atoms with E-state index in [4.69, 9.17) is 4.84 Å². The molecule has 0 N–H and O–H groups in total. The highest BCUT2D eigenvalue weighted by atomic mass is 16.7. The maximum atomic E-state index is 12.3. The third-order valence-corrected chi connectivity index (χ3v) is 5.72. The van der Waals surface area contributed by atoms with E-state index in [0.717, 1.165) is 43.7 Å². The maximum absolute atomic E-state index is 12.3. The second-order valence-electron chi connectivity index (χ2n) is 7.28. The van der Waals surface area contributed by atoms with Crippen molar-refractivity contribution in [3.05, 3.63) is 0 Å². The van der Waals surface area contributed by atoms with Crippen LogP contribution in [-0.4, -0.2) is 24.1 Å². The van der Waals surface area contributed by atoms with Gasteiger partial charge in [-0.25, -0.2) is 5.06 Å². The summed E-state index contributed by atoms with van der Waals surface area (Å²) in [6, 6.07) is 0. The average molecular weight is 249 g/mol. The Hall–Kier alpha value is -0.570. The van der Waals surface area contributed by atoms with Crippen LogP contribution in [0.3, 0.4) is 0 Å². The lowest BCUT2D eigenvalue weighted by molar-refractivity contribution is -0.175. The monoisotopic (exact) mass is 249 g/mol. The van der Waals surface area contributed by atoms with Crippen molar-refractivity contribution in [3.63, 3.8) is 0 Å². The smallest absolute Gasteiger partial charge is 0.246 e. The summed E-state index contributed by atoms with van der Waals surface area (Å²) in [6.45, 7) is 1.54. The molecule has 3 nitrogen and oxygen atoms in total. The van der Waals surface area contributed by atoms with Crippen molar-refractivity contribution in [1.29, 1.82) is 0 Å². The number of rotatable bonds is 2. The number of hydroxylamine groups is 2. The van der Waals surface area contributed by atoms with Gasteiger partial charge in [-0.3, -0.25) is 9.63 Å². The molecule has 18 heavy (non-hydrogen) atoms. The van der Waals surface area contributed by atoms with E-state index in [1.807, 2.05) is 0 Å². The lowest BCUT2D eigenvalue weighted by Crippen LogP contribution is -2.48. The second kappa shape index (κ2) is 3.96. The molecule has 100 valence electrons. The molecule has 4 aliphatic carbocycles. The maximum Gasteiger partial charge on any atom is 0.246 e. The quantitative estimate of drug-likeness (QED) is 0.753.